The van der Waals surface area contributed by atoms with Crippen molar-refractivity contribution >= 4 is 5.91 Å². The quantitative estimate of drug-likeness (QED) is 0.840. The van der Waals surface area contributed by atoms with E-state index < -0.39 is 0 Å². The maximum absolute atomic E-state index is 12.4. The fourth-order valence-electron chi connectivity index (χ4n) is 5.35. The van der Waals surface area contributed by atoms with Crippen molar-refractivity contribution < 1.29 is 14.3 Å². The predicted molar refractivity (Wildman–Crippen MR) is 93.5 cm³/mol. The van der Waals surface area contributed by atoms with Crippen molar-refractivity contribution in [1.82, 2.24) is 9.80 Å². The second-order valence-corrected chi connectivity index (χ2v) is 7.69. The summed E-state index contributed by atoms with van der Waals surface area (Å²) in [4.78, 5) is 16.8. The summed E-state index contributed by atoms with van der Waals surface area (Å²) in [6.07, 6.45) is 5.12. The molecule has 1 aromatic rings. The third-order valence-corrected chi connectivity index (χ3v) is 6.46. The summed E-state index contributed by atoms with van der Waals surface area (Å²) in [5.74, 6) is 1.28. The van der Waals surface area contributed by atoms with Crippen LogP contribution in [0.2, 0.25) is 0 Å². The highest BCUT2D eigenvalue weighted by Crippen LogP contribution is 2.46. The molecule has 3 saturated heterocycles. The molecule has 0 radical (unpaired) electrons. The van der Waals surface area contributed by atoms with Crippen LogP contribution in [0.5, 0.6) is 5.75 Å². The van der Waals surface area contributed by atoms with Crippen LogP contribution in [-0.2, 0) is 28.9 Å². The molecule has 3 heterocycles. The van der Waals surface area contributed by atoms with Crippen LogP contribution >= 0.6 is 0 Å². The van der Waals surface area contributed by atoms with Crippen molar-refractivity contribution in [2.24, 2.45) is 0 Å². The molecular weight excluding hydrogens is 316 g/mol. The Morgan fingerprint density at radius 1 is 1.28 bits per heavy atom. The first kappa shape index (κ1) is 15.6. The Labute approximate surface area is 148 Å². The van der Waals surface area contributed by atoms with Gasteiger partial charge < -0.3 is 14.4 Å². The van der Waals surface area contributed by atoms with Gasteiger partial charge in [-0.05, 0) is 43.4 Å². The van der Waals surface area contributed by atoms with Gasteiger partial charge in [0.2, 0.25) is 5.91 Å². The maximum Gasteiger partial charge on any atom is 0.226 e. The van der Waals surface area contributed by atoms with E-state index in [1.165, 1.54) is 36.0 Å². The van der Waals surface area contributed by atoms with Crippen LogP contribution in [0.1, 0.15) is 42.9 Å². The number of nitrogens with zero attached hydrogens (tertiary/aromatic N) is 2. The van der Waals surface area contributed by atoms with E-state index >= 15 is 0 Å². The number of ether oxygens (including phenoxy) is 2. The molecule has 0 unspecified atom stereocenters. The van der Waals surface area contributed by atoms with Crippen LogP contribution in [0, 0.1) is 0 Å². The van der Waals surface area contributed by atoms with Gasteiger partial charge in [0.1, 0.15) is 5.75 Å². The highest BCUT2D eigenvalue weighted by Gasteiger charge is 2.61. The van der Waals surface area contributed by atoms with E-state index in [0.29, 0.717) is 19.6 Å². The standard InChI is InChI=1S/C20H26N2O3/c1-2-24-17-11-15-5-3-4-14(15)10-16(17)13-21-7-6-20-18(21)12-19(23)22(20)8-9-25-20/h10-11,18H,2-9,12-13H2,1H3/t18-,20+/m1/s1. The Hall–Kier alpha value is -1.59. The fourth-order valence-corrected chi connectivity index (χ4v) is 5.35. The molecule has 1 spiro atoms. The molecule has 5 heteroatoms. The average Bonchev–Trinajstić information content (AvgIpc) is 3.33. The summed E-state index contributed by atoms with van der Waals surface area (Å²) < 4.78 is 12.1. The number of hydrogen-bond donors (Lipinski definition) is 0. The van der Waals surface area contributed by atoms with Gasteiger partial charge in [-0.3, -0.25) is 9.69 Å². The molecular formula is C20H26N2O3. The van der Waals surface area contributed by atoms with Gasteiger partial charge in [0, 0.05) is 38.0 Å². The molecule has 134 valence electrons. The number of rotatable bonds is 4. The summed E-state index contributed by atoms with van der Waals surface area (Å²) in [5.41, 5.74) is 3.85. The third kappa shape index (κ3) is 2.25. The summed E-state index contributed by atoms with van der Waals surface area (Å²) >= 11 is 0. The normalized spacial score (nSPS) is 30.7. The molecule has 3 aliphatic heterocycles. The molecule has 0 bridgehead atoms. The van der Waals surface area contributed by atoms with Crippen molar-refractivity contribution in [3.05, 3.63) is 28.8 Å². The van der Waals surface area contributed by atoms with E-state index in [0.717, 1.165) is 31.8 Å². The monoisotopic (exact) mass is 342 g/mol. The van der Waals surface area contributed by atoms with Gasteiger partial charge in [0.05, 0.1) is 19.3 Å². The predicted octanol–water partition coefficient (Wildman–Crippen LogP) is 2.11. The number of likely N-dealkylation sites (tertiary alicyclic amines) is 1. The molecule has 0 saturated carbocycles. The van der Waals surface area contributed by atoms with Crippen LogP contribution in [0.3, 0.4) is 0 Å². The van der Waals surface area contributed by atoms with Gasteiger partial charge in [-0.2, -0.15) is 0 Å². The van der Waals surface area contributed by atoms with Crippen LogP contribution in [0.4, 0.5) is 0 Å². The third-order valence-electron chi connectivity index (χ3n) is 6.46. The number of aryl methyl sites for hydroxylation is 2. The molecule has 0 N–H and O–H groups in total. The highest BCUT2D eigenvalue weighted by atomic mass is 16.5. The van der Waals surface area contributed by atoms with E-state index in [-0.39, 0.29) is 17.7 Å². The lowest BCUT2D eigenvalue weighted by atomic mass is 10.0. The lowest BCUT2D eigenvalue weighted by Gasteiger charge is -2.32. The van der Waals surface area contributed by atoms with Crippen molar-refractivity contribution in [2.75, 3.05) is 26.3 Å². The SMILES string of the molecule is CCOc1cc2c(cc1CN1CC[C@@]34OCCN3C(=O)C[C@@H]14)CCC2. The molecule has 2 atom stereocenters. The van der Waals surface area contributed by atoms with E-state index in [4.69, 9.17) is 9.47 Å². The number of benzene rings is 1. The number of fused-ring (bicyclic) bond motifs is 1. The Kier molecular flexibility index (Phi) is 3.57. The molecule has 5 nitrogen and oxygen atoms in total. The summed E-state index contributed by atoms with van der Waals surface area (Å²) in [6.45, 7) is 6.00. The number of carbonyl (C=O) groups is 1. The van der Waals surface area contributed by atoms with Crippen molar-refractivity contribution in [3.8, 4) is 5.75 Å². The van der Waals surface area contributed by atoms with Crippen molar-refractivity contribution in [1.29, 1.82) is 0 Å². The topological polar surface area (TPSA) is 42.0 Å². The minimum Gasteiger partial charge on any atom is -0.494 e. The van der Waals surface area contributed by atoms with Gasteiger partial charge in [-0.1, -0.05) is 6.07 Å². The van der Waals surface area contributed by atoms with Gasteiger partial charge in [-0.15, -0.1) is 0 Å². The smallest absolute Gasteiger partial charge is 0.226 e. The van der Waals surface area contributed by atoms with Crippen molar-refractivity contribution in [2.45, 2.75) is 57.3 Å². The molecule has 1 aliphatic carbocycles. The zero-order valence-electron chi connectivity index (χ0n) is 14.9. The molecule has 0 aromatic heterocycles. The van der Waals surface area contributed by atoms with Crippen LogP contribution in [0.25, 0.3) is 0 Å². The van der Waals surface area contributed by atoms with Gasteiger partial charge >= 0.3 is 0 Å². The minimum atomic E-state index is -0.348. The minimum absolute atomic E-state index is 0.185. The zero-order chi connectivity index (χ0) is 17.0. The Balaban J connectivity index is 1.44. The average molecular weight is 342 g/mol. The fraction of sp³-hybridized carbons (Fsp3) is 0.650. The first-order valence-electron chi connectivity index (χ1n) is 9.67. The maximum atomic E-state index is 12.4. The molecule has 1 amide bonds. The zero-order valence-corrected chi connectivity index (χ0v) is 14.9. The number of amides is 1. The second kappa shape index (κ2) is 5.71. The summed E-state index contributed by atoms with van der Waals surface area (Å²) in [7, 11) is 0. The van der Waals surface area contributed by atoms with E-state index in [1.807, 2.05) is 11.8 Å². The summed E-state index contributed by atoms with van der Waals surface area (Å²) in [6, 6.07) is 4.79. The summed E-state index contributed by atoms with van der Waals surface area (Å²) in [5, 5.41) is 0. The molecule has 25 heavy (non-hydrogen) atoms. The van der Waals surface area contributed by atoms with E-state index in [9.17, 15) is 4.79 Å². The second-order valence-electron chi connectivity index (χ2n) is 7.69. The van der Waals surface area contributed by atoms with Crippen LogP contribution in [-0.4, -0.2) is 53.8 Å². The van der Waals surface area contributed by atoms with Crippen LogP contribution < -0.4 is 4.74 Å². The molecule has 5 rings (SSSR count). The lowest BCUT2D eigenvalue weighted by Crippen LogP contribution is -2.47. The van der Waals surface area contributed by atoms with Gasteiger partial charge in [-0.25, -0.2) is 0 Å². The molecule has 3 fully saturated rings. The van der Waals surface area contributed by atoms with Crippen LogP contribution in [0.15, 0.2) is 12.1 Å². The number of hydrogen-bond acceptors (Lipinski definition) is 4. The van der Waals surface area contributed by atoms with E-state index in [1.54, 1.807) is 0 Å². The van der Waals surface area contributed by atoms with Crippen molar-refractivity contribution in [3.63, 3.8) is 0 Å². The highest BCUT2D eigenvalue weighted by molar-refractivity contribution is 5.81. The number of carbonyl (C=O) groups excluding carboxylic acids is 1. The molecule has 4 aliphatic rings. The first-order valence-corrected chi connectivity index (χ1v) is 9.67. The Bertz CT molecular complexity index is 719. The van der Waals surface area contributed by atoms with E-state index in [2.05, 4.69) is 17.0 Å². The first-order chi connectivity index (χ1) is 12.2. The van der Waals surface area contributed by atoms with Gasteiger partial charge in [0.15, 0.2) is 5.72 Å². The van der Waals surface area contributed by atoms with Gasteiger partial charge in [0.25, 0.3) is 0 Å². The Morgan fingerprint density at radius 3 is 2.96 bits per heavy atom. The Morgan fingerprint density at radius 2 is 2.12 bits per heavy atom. The molecule has 1 aromatic carbocycles. The largest absolute Gasteiger partial charge is 0.494 e. The lowest BCUT2D eigenvalue weighted by molar-refractivity contribution is -0.136.